The van der Waals surface area contributed by atoms with E-state index < -0.39 is 5.79 Å². The maximum absolute atomic E-state index is 11.0. The topological polar surface area (TPSA) is 77.4 Å². The fourth-order valence-electron chi connectivity index (χ4n) is 3.30. The van der Waals surface area contributed by atoms with Gasteiger partial charge >= 0.3 is 0 Å². The summed E-state index contributed by atoms with van der Waals surface area (Å²) in [6.07, 6.45) is 6.45. The summed E-state index contributed by atoms with van der Waals surface area (Å²) in [5, 5.41) is 11.9. The van der Waals surface area contributed by atoms with Crippen molar-refractivity contribution in [2.45, 2.75) is 25.0 Å². The molecule has 1 spiro atoms. The van der Waals surface area contributed by atoms with E-state index in [9.17, 15) is 10.1 Å². The number of aromatic nitrogens is 1. The molecule has 0 amide bonds. The van der Waals surface area contributed by atoms with E-state index in [1.807, 2.05) is 6.20 Å². The highest BCUT2D eigenvalue weighted by Gasteiger charge is 2.37. The number of nitro benzene ring substituents is 1. The van der Waals surface area contributed by atoms with Gasteiger partial charge in [0.05, 0.1) is 18.1 Å². The van der Waals surface area contributed by atoms with Crippen molar-refractivity contribution in [3.8, 4) is 0 Å². The molecule has 1 aliphatic heterocycles. The van der Waals surface area contributed by atoms with E-state index in [4.69, 9.17) is 9.47 Å². The minimum atomic E-state index is -0.443. The lowest BCUT2D eigenvalue weighted by Gasteiger charge is -2.30. The number of rotatable bonds is 2. The van der Waals surface area contributed by atoms with Crippen LogP contribution in [0.4, 0.5) is 5.69 Å². The molecule has 1 aromatic carbocycles. The maximum Gasteiger partial charge on any atom is 0.270 e. The van der Waals surface area contributed by atoms with Gasteiger partial charge in [-0.25, -0.2) is 0 Å². The maximum atomic E-state index is 11.0. The second kappa shape index (κ2) is 4.93. The van der Waals surface area contributed by atoms with Gasteiger partial charge < -0.3 is 14.5 Å². The van der Waals surface area contributed by atoms with Crippen LogP contribution in [0, 0.1) is 10.1 Å². The predicted octanol–water partition coefficient (Wildman–Crippen LogP) is 3.39. The number of aromatic amines is 1. The fraction of sp³-hybridized carbons (Fsp3) is 0.375. The molecule has 1 aliphatic carbocycles. The van der Waals surface area contributed by atoms with Crippen molar-refractivity contribution >= 4 is 22.2 Å². The normalized spacial score (nSPS) is 20.5. The van der Waals surface area contributed by atoms with Crippen LogP contribution in [0.3, 0.4) is 0 Å². The third kappa shape index (κ3) is 2.12. The molecule has 6 heteroatoms. The van der Waals surface area contributed by atoms with Gasteiger partial charge in [-0.15, -0.1) is 0 Å². The molecule has 0 bridgehead atoms. The molecule has 1 N–H and O–H groups in total. The molecule has 6 nitrogen and oxygen atoms in total. The van der Waals surface area contributed by atoms with Gasteiger partial charge in [-0.05, 0) is 18.1 Å². The predicted molar refractivity (Wildman–Crippen MR) is 81.4 cm³/mol. The van der Waals surface area contributed by atoms with Gasteiger partial charge in [0.1, 0.15) is 0 Å². The molecular weight excluding hydrogens is 284 g/mol. The average Bonchev–Trinajstić information content (AvgIpc) is 3.15. The van der Waals surface area contributed by atoms with Crippen molar-refractivity contribution in [3.05, 3.63) is 46.1 Å². The van der Waals surface area contributed by atoms with Gasteiger partial charge in [0.15, 0.2) is 5.79 Å². The molecule has 0 unspecified atom stereocenters. The van der Waals surface area contributed by atoms with Crippen molar-refractivity contribution in [3.63, 3.8) is 0 Å². The molecule has 0 saturated carbocycles. The Hall–Kier alpha value is -2.18. The SMILES string of the molecule is O=[N+]([O-])c1ccc2[nH]cc(C3=CCC4(CC3)OCCO4)c2c1. The number of nitrogens with zero attached hydrogens (tertiary/aromatic N) is 1. The molecule has 2 aliphatic rings. The number of H-pyrrole nitrogens is 1. The lowest BCUT2D eigenvalue weighted by atomic mass is 9.89. The molecule has 1 saturated heterocycles. The summed E-state index contributed by atoms with van der Waals surface area (Å²) >= 11 is 0. The minimum absolute atomic E-state index is 0.115. The van der Waals surface area contributed by atoms with Gasteiger partial charge in [0.25, 0.3) is 5.69 Å². The zero-order valence-electron chi connectivity index (χ0n) is 12.0. The van der Waals surface area contributed by atoms with E-state index in [1.165, 1.54) is 11.6 Å². The summed E-state index contributed by atoms with van der Waals surface area (Å²) in [6.45, 7) is 1.31. The Morgan fingerprint density at radius 3 is 2.77 bits per heavy atom. The summed E-state index contributed by atoms with van der Waals surface area (Å²) in [6, 6.07) is 4.91. The van der Waals surface area contributed by atoms with Crippen molar-refractivity contribution in [2.24, 2.45) is 0 Å². The Morgan fingerprint density at radius 2 is 2.09 bits per heavy atom. The van der Waals surface area contributed by atoms with Crippen LogP contribution in [0.2, 0.25) is 0 Å². The van der Waals surface area contributed by atoms with Crippen molar-refractivity contribution in [1.29, 1.82) is 0 Å². The molecule has 2 aromatic rings. The van der Waals surface area contributed by atoms with E-state index in [-0.39, 0.29) is 10.6 Å². The summed E-state index contributed by atoms with van der Waals surface area (Å²) in [4.78, 5) is 13.8. The number of non-ortho nitro benzene ring substituents is 1. The molecule has 0 atom stereocenters. The minimum Gasteiger partial charge on any atom is -0.361 e. The van der Waals surface area contributed by atoms with Crippen molar-refractivity contribution < 1.29 is 14.4 Å². The number of nitro groups is 1. The van der Waals surface area contributed by atoms with Crippen LogP contribution in [0.5, 0.6) is 0 Å². The largest absolute Gasteiger partial charge is 0.361 e. The molecule has 2 heterocycles. The molecule has 1 aromatic heterocycles. The van der Waals surface area contributed by atoms with Crippen LogP contribution in [-0.2, 0) is 9.47 Å². The number of ether oxygens (including phenoxy) is 2. The molecule has 22 heavy (non-hydrogen) atoms. The summed E-state index contributed by atoms with van der Waals surface area (Å²) in [7, 11) is 0. The first kappa shape index (κ1) is 13.5. The Labute approximate surface area is 126 Å². The van der Waals surface area contributed by atoms with Crippen LogP contribution in [0.1, 0.15) is 24.8 Å². The third-order valence-electron chi connectivity index (χ3n) is 4.47. The van der Waals surface area contributed by atoms with Crippen LogP contribution in [-0.4, -0.2) is 28.9 Å². The van der Waals surface area contributed by atoms with Crippen LogP contribution in [0.15, 0.2) is 30.5 Å². The molecule has 0 radical (unpaired) electrons. The van der Waals surface area contributed by atoms with Gasteiger partial charge in [-0.1, -0.05) is 6.08 Å². The Bertz CT molecular complexity index is 772. The highest BCUT2D eigenvalue weighted by Crippen LogP contribution is 2.40. The number of hydrogen-bond acceptors (Lipinski definition) is 4. The van der Waals surface area contributed by atoms with E-state index >= 15 is 0 Å². The van der Waals surface area contributed by atoms with Gasteiger partial charge in [0, 0.05) is 47.6 Å². The first-order valence-electron chi connectivity index (χ1n) is 7.40. The summed E-state index contributed by atoms with van der Waals surface area (Å²) in [5.41, 5.74) is 3.25. The number of nitrogens with one attached hydrogen (secondary N) is 1. The molecule has 1 fully saturated rings. The monoisotopic (exact) mass is 300 g/mol. The van der Waals surface area contributed by atoms with E-state index in [0.29, 0.717) is 13.2 Å². The standard InChI is InChI=1S/C16H16N2O4/c19-18(20)12-1-2-15-13(9-12)14(10-17-15)11-3-5-16(6-4-11)21-7-8-22-16/h1-3,9-10,17H,4-8H2. The van der Waals surface area contributed by atoms with E-state index in [0.717, 1.165) is 35.7 Å². The third-order valence-corrected chi connectivity index (χ3v) is 4.47. The first-order chi connectivity index (χ1) is 10.7. The highest BCUT2D eigenvalue weighted by molar-refractivity contribution is 5.94. The van der Waals surface area contributed by atoms with Gasteiger partial charge in [0.2, 0.25) is 0 Å². The Kier molecular flexibility index (Phi) is 3.02. The lowest BCUT2D eigenvalue weighted by Crippen LogP contribution is -2.31. The fourth-order valence-corrected chi connectivity index (χ4v) is 3.30. The molecule has 114 valence electrons. The number of allylic oxidation sites excluding steroid dienone is 1. The number of hydrogen-bond donors (Lipinski definition) is 1. The van der Waals surface area contributed by atoms with Crippen molar-refractivity contribution in [1.82, 2.24) is 4.98 Å². The van der Waals surface area contributed by atoms with Gasteiger partial charge in [-0.3, -0.25) is 10.1 Å². The Balaban J connectivity index is 1.70. The highest BCUT2D eigenvalue weighted by atomic mass is 16.7. The zero-order valence-corrected chi connectivity index (χ0v) is 12.0. The van der Waals surface area contributed by atoms with Crippen LogP contribution >= 0.6 is 0 Å². The van der Waals surface area contributed by atoms with Gasteiger partial charge in [-0.2, -0.15) is 0 Å². The van der Waals surface area contributed by atoms with Crippen LogP contribution < -0.4 is 0 Å². The second-order valence-electron chi connectivity index (χ2n) is 5.73. The zero-order chi connectivity index (χ0) is 15.2. The van der Waals surface area contributed by atoms with Crippen LogP contribution in [0.25, 0.3) is 16.5 Å². The molecular formula is C16H16N2O4. The summed E-state index contributed by atoms with van der Waals surface area (Å²) in [5.74, 6) is -0.443. The van der Waals surface area contributed by atoms with E-state index in [2.05, 4.69) is 11.1 Å². The smallest absolute Gasteiger partial charge is 0.270 e. The molecule has 4 rings (SSSR count). The lowest BCUT2D eigenvalue weighted by molar-refractivity contribution is -0.384. The number of fused-ring (bicyclic) bond motifs is 1. The summed E-state index contributed by atoms with van der Waals surface area (Å²) < 4.78 is 11.4. The quantitative estimate of drug-likeness (QED) is 0.681. The van der Waals surface area contributed by atoms with Crippen molar-refractivity contribution in [2.75, 3.05) is 13.2 Å². The second-order valence-corrected chi connectivity index (χ2v) is 5.73. The Morgan fingerprint density at radius 1 is 1.27 bits per heavy atom. The van der Waals surface area contributed by atoms with E-state index in [1.54, 1.807) is 12.1 Å². The number of benzene rings is 1. The first-order valence-corrected chi connectivity index (χ1v) is 7.40. The average molecular weight is 300 g/mol.